The molecule has 0 aromatic heterocycles. The van der Waals surface area contributed by atoms with Crippen molar-refractivity contribution < 1.29 is 4.79 Å². The molecule has 2 N–H and O–H groups in total. The van der Waals surface area contributed by atoms with Gasteiger partial charge < -0.3 is 5.73 Å². The van der Waals surface area contributed by atoms with E-state index in [4.69, 9.17) is 5.73 Å². The number of nitrogens with two attached hydrogens (primary N) is 1. The molecule has 1 aliphatic heterocycles. The third-order valence-electron chi connectivity index (χ3n) is 3.22. The van der Waals surface area contributed by atoms with Crippen LogP contribution in [0.4, 0.5) is 0 Å². The number of amides is 1. The maximum absolute atomic E-state index is 11.2. The molecule has 0 saturated carbocycles. The number of carbonyl (C=O) groups is 1. The Kier molecular flexibility index (Phi) is 3.57. The molecule has 1 amide bonds. The molecule has 1 unspecified atom stereocenters. The number of hydrogen-bond donors (Lipinski definition) is 1. The first-order valence-electron chi connectivity index (χ1n) is 5.84. The van der Waals surface area contributed by atoms with Gasteiger partial charge in [-0.25, -0.2) is 0 Å². The van der Waals surface area contributed by atoms with Crippen molar-refractivity contribution in [2.45, 2.75) is 25.3 Å². The predicted molar refractivity (Wildman–Crippen MR) is 63.9 cm³/mol. The quantitative estimate of drug-likeness (QED) is 0.825. The van der Waals surface area contributed by atoms with E-state index in [1.165, 1.54) is 5.56 Å². The Morgan fingerprint density at radius 3 is 2.81 bits per heavy atom. The molecule has 1 saturated heterocycles. The van der Waals surface area contributed by atoms with Crippen LogP contribution in [0.25, 0.3) is 0 Å². The molecule has 1 heterocycles. The maximum Gasteiger partial charge on any atom is 0.234 e. The summed E-state index contributed by atoms with van der Waals surface area (Å²) < 4.78 is 0. The number of primary amides is 1. The van der Waals surface area contributed by atoms with Gasteiger partial charge in [0.1, 0.15) is 0 Å². The van der Waals surface area contributed by atoms with Gasteiger partial charge in [-0.15, -0.1) is 0 Å². The molecule has 1 aromatic carbocycles. The standard InChI is InChI=1S/C13H18N2O/c14-13(16)12-7-4-9-15(12)10-8-11-5-2-1-3-6-11/h1-3,5-6,12H,4,7-10H2,(H2,14,16). The molecule has 0 radical (unpaired) electrons. The molecule has 0 bridgehead atoms. The number of carbonyl (C=O) groups excluding carboxylic acids is 1. The van der Waals surface area contributed by atoms with Gasteiger partial charge in [0.15, 0.2) is 0 Å². The van der Waals surface area contributed by atoms with Crippen LogP contribution < -0.4 is 5.73 Å². The maximum atomic E-state index is 11.2. The Hall–Kier alpha value is -1.35. The van der Waals surface area contributed by atoms with Crippen LogP contribution in [0, 0.1) is 0 Å². The van der Waals surface area contributed by atoms with E-state index in [1.54, 1.807) is 0 Å². The van der Waals surface area contributed by atoms with E-state index in [2.05, 4.69) is 17.0 Å². The van der Waals surface area contributed by atoms with Crippen LogP contribution in [0.1, 0.15) is 18.4 Å². The summed E-state index contributed by atoms with van der Waals surface area (Å²) in [5.41, 5.74) is 6.69. The Balaban J connectivity index is 1.88. The number of hydrogen-bond acceptors (Lipinski definition) is 2. The first-order valence-corrected chi connectivity index (χ1v) is 5.84. The molecule has 1 aromatic rings. The molecule has 1 aliphatic rings. The molecule has 86 valence electrons. The van der Waals surface area contributed by atoms with Gasteiger partial charge in [-0.05, 0) is 31.4 Å². The number of benzene rings is 1. The van der Waals surface area contributed by atoms with E-state index in [9.17, 15) is 4.79 Å². The summed E-state index contributed by atoms with van der Waals surface area (Å²) in [7, 11) is 0. The second-order valence-corrected chi connectivity index (χ2v) is 4.33. The van der Waals surface area contributed by atoms with Crippen LogP contribution in [-0.2, 0) is 11.2 Å². The van der Waals surface area contributed by atoms with Crippen molar-refractivity contribution >= 4 is 5.91 Å². The van der Waals surface area contributed by atoms with Gasteiger partial charge in [0.25, 0.3) is 0 Å². The van der Waals surface area contributed by atoms with Crippen LogP contribution in [0.15, 0.2) is 30.3 Å². The summed E-state index contributed by atoms with van der Waals surface area (Å²) in [4.78, 5) is 13.4. The summed E-state index contributed by atoms with van der Waals surface area (Å²) in [5, 5.41) is 0. The second-order valence-electron chi connectivity index (χ2n) is 4.33. The zero-order valence-corrected chi connectivity index (χ0v) is 9.43. The monoisotopic (exact) mass is 218 g/mol. The highest BCUT2D eigenvalue weighted by atomic mass is 16.1. The number of likely N-dealkylation sites (tertiary alicyclic amines) is 1. The highest BCUT2D eigenvalue weighted by Gasteiger charge is 2.28. The largest absolute Gasteiger partial charge is 0.368 e. The highest BCUT2D eigenvalue weighted by Crippen LogP contribution is 2.17. The lowest BCUT2D eigenvalue weighted by molar-refractivity contribution is -0.122. The molecule has 3 nitrogen and oxygen atoms in total. The Morgan fingerprint density at radius 2 is 2.12 bits per heavy atom. The van der Waals surface area contributed by atoms with Crippen molar-refractivity contribution in [3.63, 3.8) is 0 Å². The van der Waals surface area contributed by atoms with E-state index in [0.29, 0.717) is 0 Å². The van der Waals surface area contributed by atoms with Gasteiger partial charge in [-0.3, -0.25) is 9.69 Å². The van der Waals surface area contributed by atoms with Crippen LogP contribution in [0.3, 0.4) is 0 Å². The predicted octanol–water partition coefficient (Wildman–Crippen LogP) is 1.18. The van der Waals surface area contributed by atoms with Crippen molar-refractivity contribution in [3.8, 4) is 0 Å². The van der Waals surface area contributed by atoms with E-state index >= 15 is 0 Å². The van der Waals surface area contributed by atoms with E-state index in [1.807, 2.05) is 18.2 Å². The summed E-state index contributed by atoms with van der Waals surface area (Å²) in [6.45, 7) is 1.93. The molecule has 16 heavy (non-hydrogen) atoms. The minimum atomic E-state index is -0.175. The van der Waals surface area contributed by atoms with Gasteiger partial charge >= 0.3 is 0 Å². The Morgan fingerprint density at radius 1 is 1.38 bits per heavy atom. The van der Waals surface area contributed by atoms with Crippen molar-refractivity contribution in [1.29, 1.82) is 0 Å². The van der Waals surface area contributed by atoms with Crippen LogP contribution in [0.2, 0.25) is 0 Å². The van der Waals surface area contributed by atoms with Crippen molar-refractivity contribution in [2.75, 3.05) is 13.1 Å². The fraction of sp³-hybridized carbons (Fsp3) is 0.462. The molecule has 2 rings (SSSR count). The van der Waals surface area contributed by atoms with Gasteiger partial charge in [-0.1, -0.05) is 30.3 Å². The SMILES string of the molecule is NC(=O)C1CCCN1CCc1ccccc1. The van der Waals surface area contributed by atoms with Crippen LogP contribution in [-0.4, -0.2) is 29.9 Å². The fourth-order valence-corrected chi connectivity index (χ4v) is 2.33. The van der Waals surface area contributed by atoms with E-state index in [-0.39, 0.29) is 11.9 Å². The summed E-state index contributed by atoms with van der Waals surface area (Å²) >= 11 is 0. The first kappa shape index (κ1) is 11.1. The third-order valence-corrected chi connectivity index (χ3v) is 3.22. The zero-order chi connectivity index (χ0) is 11.4. The molecular weight excluding hydrogens is 200 g/mol. The summed E-state index contributed by atoms with van der Waals surface area (Å²) in [6.07, 6.45) is 3.00. The minimum absolute atomic E-state index is 0.0382. The lowest BCUT2D eigenvalue weighted by Gasteiger charge is -2.21. The smallest absolute Gasteiger partial charge is 0.234 e. The number of rotatable bonds is 4. The second kappa shape index (κ2) is 5.12. The first-order chi connectivity index (χ1) is 7.77. The molecule has 1 fully saturated rings. The van der Waals surface area contributed by atoms with E-state index in [0.717, 1.165) is 32.4 Å². The normalized spacial score (nSPS) is 21.1. The highest BCUT2D eigenvalue weighted by molar-refractivity contribution is 5.80. The Labute approximate surface area is 96.2 Å². The van der Waals surface area contributed by atoms with Gasteiger partial charge in [0.05, 0.1) is 6.04 Å². The average Bonchev–Trinajstić information content (AvgIpc) is 2.76. The van der Waals surface area contributed by atoms with Crippen LogP contribution in [0.5, 0.6) is 0 Å². The van der Waals surface area contributed by atoms with E-state index < -0.39 is 0 Å². The van der Waals surface area contributed by atoms with Gasteiger partial charge in [0.2, 0.25) is 5.91 Å². The molecule has 0 spiro atoms. The number of nitrogens with zero attached hydrogens (tertiary/aromatic N) is 1. The molecule has 1 atom stereocenters. The van der Waals surface area contributed by atoms with Gasteiger partial charge in [-0.2, -0.15) is 0 Å². The lowest BCUT2D eigenvalue weighted by atomic mass is 10.1. The minimum Gasteiger partial charge on any atom is -0.368 e. The Bertz CT molecular complexity index is 350. The van der Waals surface area contributed by atoms with Crippen molar-refractivity contribution in [3.05, 3.63) is 35.9 Å². The van der Waals surface area contributed by atoms with Crippen molar-refractivity contribution in [2.24, 2.45) is 5.73 Å². The zero-order valence-electron chi connectivity index (χ0n) is 9.43. The average molecular weight is 218 g/mol. The summed E-state index contributed by atoms with van der Waals surface area (Å²) in [5.74, 6) is -0.175. The molecule has 0 aliphatic carbocycles. The lowest BCUT2D eigenvalue weighted by Crippen LogP contribution is -2.41. The fourth-order valence-electron chi connectivity index (χ4n) is 2.33. The van der Waals surface area contributed by atoms with Crippen molar-refractivity contribution in [1.82, 2.24) is 4.90 Å². The van der Waals surface area contributed by atoms with Crippen LogP contribution >= 0.6 is 0 Å². The summed E-state index contributed by atoms with van der Waals surface area (Å²) in [6, 6.07) is 10.3. The molecular formula is C13H18N2O. The topological polar surface area (TPSA) is 46.3 Å². The molecule has 3 heteroatoms. The van der Waals surface area contributed by atoms with Gasteiger partial charge in [0, 0.05) is 6.54 Å². The third kappa shape index (κ3) is 2.61.